The summed E-state index contributed by atoms with van der Waals surface area (Å²) in [5.74, 6) is 0.237. The van der Waals surface area contributed by atoms with Crippen molar-refractivity contribution in [3.8, 4) is 0 Å². The predicted molar refractivity (Wildman–Crippen MR) is 90.9 cm³/mol. The molecule has 0 atom stereocenters. The Morgan fingerprint density at radius 3 is 2.39 bits per heavy atom. The van der Waals surface area contributed by atoms with Crippen LogP contribution in [0.3, 0.4) is 0 Å². The van der Waals surface area contributed by atoms with Gasteiger partial charge in [0.15, 0.2) is 0 Å². The topological polar surface area (TPSA) is 69.7 Å². The van der Waals surface area contributed by atoms with Gasteiger partial charge in [-0.05, 0) is 18.6 Å². The largest absolute Gasteiger partial charge is 0.336 e. The Balaban J connectivity index is 1.73. The molecule has 1 saturated heterocycles. The molecule has 0 radical (unpaired) electrons. The van der Waals surface area contributed by atoms with E-state index >= 15 is 0 Å². The number of hydrogen-bond acceptors (Lipinski definition) is 4. The van der Waals surface area contributed by atoms with Crippen LogP contribution < -0.4 is 4.72 Å². The van der Waals surface area contributed by atoms with Gasteiger partial charge < -0.3 is 4.90 Å². The molecule has 1 amide bonds. The Kier molecular flexibility index (Phi) is 6.56. The van der Waals surface area contributed by atoms with Crippen molar-refractivity contribution in [2.75, 3.05) is 45.0 Å². The number of sulfonamides is 1. The van der Waals surface area contributed by atoms with Crippen LogP contribution in [0.15, 0.2) is 30.3 Å². The van der Waals surface area contributed by atoms with Crippen LogP contribution in [-0.4, -0.2) is 69.1 Å². The molecule has 6 nitrogen and oxygen atoms in total. The van der Waals surface area contributed by atoms with Crippen molar-refractivity contribution in [2.45, 2.75) is 13.3 Å². The smallest absolute Gasteiger partial charge is 0.253 e. The number of piperazine rings is 1. The van der Waals surface area contributed by atoms with Crippen molar-refractivity contribution in [3.63, 3.8) is 0 Å². The predicted octanol–water partition coefficient (Wildman–Crippen LogP) is 0.774. The van der Waals surface area contributed by atoms with Gasteiger partial charge in [0.1, 0.15) is 0 Å². The zero-order valence-corrected chi connectivity index (χ0v) is 14.4. The zero-order valence-electron chi connectivity index (χ0n) is 13.6. The Labute approximate surface area is 138 Å². The van der Waals surface area contributed by atoms with Crippen molar-refractivity contribution < 1.29 is 13.2 Å². The summed E-state index contributed by atoms with van der Waals surface area (Å²) in [6.07, 6.45) is 0.621. The van der Waals surface area contributed by atoms with Gasteiger partial charge in [-0.3, -0.25) is 9.69 Å². The molecule has 1 aromatic carbocycles. The molecular weight excluding hydrogens is 314 g/mol. The van der Waals surface area contributed by atoms with E-state index in [0.717, 1.165) is 13.1 Å². The average Bonchev–Trinajstić information content (AvgIpc) is 2.55. The number of carbonyl (C=O) groups is 1. The van der Waals surface area contributed by atoms with Gasteiger partial charge in [0.2, 0.25) is 10.0 Å². The maximum absolute atomic E-state index is 12.3. The van der Waals surface area contributed by atoms with Gasteiger partial charge in [-0.25, -0.2) is 13.1 Å². The highest BCUT2D eigenvalue weighted by atomic mass is 32.2. The second-order valence-corrected chi connectivity index (χ2v) is 7.64. The molecule has 2 rings (SSSR count). The number of rotatable bonds is 7. The lowest BCUT2D eigenvalue weighted by atomic mass is 10.2. The fraction of sp³-hybridized carbons (Fsp3) is 0.562. The molecule has 0 saturated carbocycles. The first kappa shape index (κ1) is 17.9. The van der Waals surface area contributed by atoms with Crippen molar-refractivity contribution in [3.05, 3.63) is 35.9 Å². The molecular formula is C16H25N3O3S. The molecule has 0 aliphatic carbocycles. The fourth-order valence-corrected chi connectivity index (χ4v) is 3.72. The van der Waals surface area contributed by atoms with Crippen molar-refractivity contribution >= 4 is 15.9 Å². The first-order valence-electron chi connectivity index (χ1n) is 8.06. The fourth-order valence-electron chi connectivity index (χ4n) is 2.64. The Hall–Kier alpha value is -1.44. The SMILES string of the molecule is CCCS(=O)(=O)NCCN1CCN(C(=O)c2ccccc2)CC1. The van der Waals surface area contributed by atoms with Crippen molar-refractivity contribution in [1.29, 1.82) is 0 Å². The molecule has 0 bridgehead atoms. The molecule has 1 fully saturated rings. The Bertz CT molecular complexity index is 596. The van der Waals surface area contributed by atoms with Gasteiger partial charge >= 0.3 is 0 Å². The highest BCUT2D eigenvalue weighted by Crippen LogP contribution is 2.08. The van der Waals surface area contributed by atoms with Crippen LogP contribution in [0, 0.1) is 0 Å². The van der Waals surface area contributed by atoms with E-state index in [4.69, 9.17) is 0 Å². The van der Waals surface area contributed by atoms with Crippen LogP contribution in [0.2, 0.25) is 0 Å². The second-order valence-electron chi connectivity index (χ2n) is 5.71. The number of benzene rings is 1. The normalized spacial score (nSPS) is 16.5. The molecule has 1 heterocycles. The van der Waals surface area contributed by atoms with Crippen LogP contribution in [0.4, 0.5) is 0 Å². The van der Waals surface area contributed by atoms with Gasteiger partial charge in [0.25, 0.3) is 5.91 Å². The molecule has 1 aliphatic heterocycles. The third-order valence-corrected chi connectivity index (χ3v) is 5.49. The van der Waals surface area contributed by atoms with E-state index in [0.29, 0.717) is 38.2 Å². The lowest BCUT2D eigenvalue weighted by Crippen LogP contribution is -2.50. The van der Waals surface area contributed by atoms with E-state index in [1.807, 2.05) is 42.2 Å². The molecule has 128 valence electrons. The van der Waals surface area contributed by atoms with E-state index in [1.165, 1.54) is 0 Å². The maximum Gasteiger partial charge on any atom is 0.253 e. The quantitative estimate of drug-likeness (QED) is 0.797. The lowest BCUT2D eigenvalue weighted by molar-refractivity contribution is 0.0640. The first-order valence-corrected chi connectivity index (χ1v) is 9.71. The van der Waals surface area contributed by atoms with Gasteiger partial charge in [-0.2, -0.15) is 0 Å². The highest BCUT2D eigenvalue weighted by molar-refractivity contribution is 7.89. The second kappa shape index (κ2) is 8.42. The Morgan fingerprint density at radius 1 is 1.13 bits per heavy atom. The summed E-state index contributed by atoms with van der Waals surface area (Å²) in [4.78, 5) is 16.4. The van der Waals surface area contributed by atoms with Gasteiger partial charge in [0.05, 0.1) is 5.75 Å². The van der Waals surface area contributed by atoms with E-state index in [-0.39, 0.29) is 11.7 Å². The molecule has 0 unspecified atom stereocenters. The molecule has 1 aromatic rings. The van der Waals surface area contributed by atoms with E-state index in [2.05, 4.69) is 9.62 Å². The van der Waals surface area contributed by atoms with Gasteiger partial charge in [-0.1, -0.05) is 25.1 Å². The summed E-state index contributed by atoms with van der Waals surface area (Å²) in [7, 11) is -3.13. The molecule has 1 aliphatic rings. The van der Waals surface area contributed by atoms with Crippen molar-refractivity contribution in [1.82, 2.24) is 14.5 Å². The third-order valence-electron chi connectivity index (χ3n) is 3.90. The minimum Gasteiger partial charge on any atom is -0.336 e. The summed E-state index contributed by atoms with van der Waals surface area (Å²) in [6, 6.07) is 9.29. The molecule has 1 N–H and O–H groups in total. The third kappa shape index (κ3) is 5.60. The number of hydrogen-bond donors (Lipinski definition) is 1. The summed E-state index contributed by atoms with van der Waals surface area (Å²) in [6.45, 7) is 5.85. The van der Waals surface area contributed by atoms with Gasteiger partial charge in [0, 0.05) is 44.8 Å². The van der Waals surface area contributed by atoms with Crippen LogP contribution >= 0.6 is 0 Å². The minimum absolute atomic E-state index is 0.0638. The van der Waals surface area contributed by atoms with E-state index in [1.54, 1.807) is 0 Å². The van der Waals surface area contributed by atoms with Crippen molar-refractivity contribution in [2.24, 2.45) is 0 Å². The lowest BCUT2D eigenvalue weighted by Gasteiger charge is -2.34. The Morgan fingerprint density at radius 2 is 1.78 bits per heavy atom. The standard InChI is InChI=1S/C16H25N3O3S/c1-2-14-23(21,22)17-8-9-18-10-12-19(13-11-18)16(20)15-6-4-3-5-7-15/h3-7,17H,2,8-14H2,1H3. The minimum atomic E-state index is -3.13. The summed E-state index contributed by atoms with van der Waals surface area (Å²) < 4.78 is 25.8. The number of carbonyl (C=O) groups excluding carboxylic acids is 1. The summed E-state index contributed by atoms with van der Waals surface area (Å²) >= 11 is 0. The monoisotopic (exact) mass is 339 g/mol. The number of amides is 1. The highest BCUT2D eigenvalue weighted by Gasteiger charge is 2.21. The number of nitrogens with zero attached hydrogens (tertiary/aromatic N) is 2. The molecule has 0 aromatic heterocycles. The average molecular weight is 339 g/mol. The van der Waals surface area contributed by atoms with Crippen LogP contribution in [0.1, 0.15) is 23.7 Å². The van der Waals surface area contributed by atoms with Gasteiger partial charge in [-0.15, -0.1) is 0 Å². The van der Waals surface area contributed by atoms with Crippen LogP contribution in [-0.2, 0) is 10.0 Å². The summed E-state index contributed by atoms with van der Waals surface area (Å²) in [5, 5.41) is 0. The first-order chi connectivity index (χ1) is 11.0. The molecule has 7 heteroatoms. The van der Waals surface area contributed by atoms with E-state index in [9.17, 15) is 13.2 Å². The molecule has 23 heavy (non-hydrogen) atoms. The van der Waals surface area contributed by atoms with E-state index < -0.39 is 10.0 Å². The molecule has 0 spiro atoms. The number of nitrogens with one attached hydrogen (secondary N) is 1. The van der Waals surface area contributed by atoms with Crippen LogP contribution in [0.5, 0.6) is 0 Å². The summed E-state index contributed by atoms with van der Waals surface area (Å²) in [5.41, 5.74) is 0.716. The maximum atomic E-state index is 12.3. The zero-order chi connectivity index (χ0) is 16.7. The van der Waals surface area contributed by atoms with Crippen LogP contribution in [0.25, 0.3) is 0 Å².